The van der Waals surface area contributed by atoms with E-state index in [2.05, 4.69) is 0 Å². The monoisotopic (exact) mass is 617 g/mol. The van der Waals surface area contributed by atoms with Gasteiger partial charge in [-0.2, -0.15) is 13.2 Å². The van der Waals surface area contributed by atoms with Crippen LogP contribution >= 0.6 is 11.8 Å². The zero-order valence-electron chi connectivity index (χ0n) is 24.7. The maximum atomic E-state index is 14.5. The SMILES string of the molecule is COC(=O)C1(Sc2cc(C(F)(F)F)c(C(=O)N(C(C)C)[C@@H]3CCCN(C(=O)OC(C)(C)C)C3)cc2[N+](=O)[O-])CCCC1. The van der Waals surface area contributed by atoms with Crippen LogP contribution < -0.4 is 0 Å². The second kappa shape index (κ2) is 12.7. The first kappa shape index (κ1) is 33.5. The van der Waals surface area contributed by atoms with Crippen LogP contribution in [0.1, 0.15) is 89.1 Å². The number of rotatable bonds is 7. The number of nitro benzene ring substituents is 1. The number of likely N-dealkylation sites (tertiary alicyclic amines) is 1. The second-order valence-electron chi connectivity index (χ2n) is 11.9. The summed E-state index contributed by atoms with van der Waals surface area (Å²) < 4.78 is 52.5. The van der Waals surface area contributed by atoms with Crippen molar-refractivity contribution < 1.29 is 42.0 Å². The number of nitrogens with zero attached hydrogens (tertiary/aromatic N) is 3. The van der Waals surface area contributed by atoms with Crippen LogP contribution in [-0.2, 0) is 20.4 Å². The number of carbonyl (C=O) groups is 3. The highest BCUT2D eigenvalue weighted by atomic mass is 32.2. The van der Waals surface area contributed by atoms with Gasteiger partial charge in [0.1, 0.15) is 10.3 Å². The fraction of sp³-hybridized carbons (Fsp3) is 0.679. The number of esters is 1. The summed E-state index contributed by atoms with van der Waals surface area (Å²) in [5, 5.41) is 12.1. The molecule has 2 fully saturated rings. The summed E-state index contributed by atoms with van der Waals surface area (Å²) in [5.41, 5.74) is -3.65. The topological polar surface area (TPSA) is 119 Å². The molecule has 1 atom stereocenters. The van der Waals surface area contributed by atoms with E-state index in [1.54, 1.807) is 34.6 Å². The number of ether oxygens (including phenoxy) is 2. The maximum Gasteiger partial charge on any atom is 0.417 e. The number of thioether (sulfide) groups is 1. The van der Waals surface area contributed by atoms with E-state index >= 15 is 0 Å². The van der Waals surface area contributed by atoms with Crippen molar-refractivity contribution in [2.45, 2.75) is 107 Å². The minimum Gasteiger partial charge on any atom is -0.468 e. The molecule has 10 nitrogen and oxygen atoms in total. The number of benzene rings is 1. The highest BCUT2D eigenvalue weighted by Gasteiger charge is 2.47. The lowest BCUT2D eigenvalue weighted by Crippen LogP contribution is -2.54. The number of halogens is 3. The molecule has 42 heavy (non-hydrogen) atoms. The number of nitro groups is 1. The predicted octanol–water partition coefficient (Wildman–Crippen LogP) is 6.44. The molecule has 0 spiro atoms. The lowest BCUT2D eigenvalue weighted by atomic mass is 9.99. The van der Waals surface area contributed by atoms with Crippen molar-refractivity contribution in [3.63, 3.8) is 0 Å². The zero-order valence-corrected chi connectivity index (χ0v) is 25.5. The van der Waals surface area contributed by atoms with Gasteiger partial charge >= 0.3 is 18.2 Å². The Labute approximate surface area is 247 Å². The average molecular weight is 618 g/mol. The lowest BCUT2D eigenvalue weighted by molar-refractivity contribution is -0.387. The fourth-order valence-corrected chi connectivity index (χ4v) is 7.03. The number of methoxy groups -OCH3 is 1. The molecule has 1 aliphatic heterocycles. The van der Waals surface area contributed by atoms with Crippen LogP contribution in [-0.4, -0.2) is 75.3 Å². The Balaban J connectivity index is 2.06. The molecular formula is C28H38F3N3O7S. The van der Waals surface area contributed by atoms with E-state index in [1.807, 2.05) is 0 Å². The van der Waals surface area contributed by atoms with Gasteiger partial charge in [0.2, 0.25) is 0 Å². The standard InChI is InChI=1S/C28H38F3N3O7S/c1-17(2)33(18-10-9-13-32(16-18)25(37)41-26(3,4)5)23(35)19-14-21(34(38)39)22(15-20(19)28(29,30)31)42-27(24(36)40-6)11-7-8-12-27/h14-15,17-18H,7-13,16H2,1-6H3/t18-/m1/s1. The van der Waals surface area contributed by atoms with Crippen LogP contribution in [0.3, 0.4) is 0 Å². The first-order chi connectivity index (χ1) is 19.4. The number of amides is 2. The predicted molar refractivity (Wildman–Crippen MR) is 149 cm³/mol. The van der Waals surface area contributed by atoms with Crippen LogP contribution in [0.4, 0.5) is 23.7 Å². The summed E-state index contributed by atoms with van der Waals surface area (Å²) in [6.07, 6.45) is -2.90. The molecule has 1 aliphatic carbocycles. The summed E-state index contributed by atoms with van der Waals surface area (Å²) in [7, 11) is 1.16. The minimum atomic E-state index is -5.03. The molecule has 0 bridgehead atoms. The molecule has 0 N–H and O–H groups in total. The molecule has 1 saturated heterocycles. The molecular weight excluding hydrogens is 579 g/mol. The highest BCUT2D eigenvalue weighted by Crippen LogP contribution is 2.50. The van der Waals surface area contributed by atoms with Crippen molar-refractivity contribution >= 4 is 35.4 Å². The largest absolute Gasteiger partial charge is 0.468 e. The van der Waals surface area contributed by atoms with Crippen LogP contribution in [0.15, 0.2) is 17.0 Å². The molecule has 1 aromatic rings. The maximum absolute atomic E-state index is 14.5. The average Bonchev–Trinajstić information content (AvgIpc) is 3.36. The van der Waals surface area contributed by atoms with Gasteiger partial charge in [-0.1, -0.05) is 12.8 Å². The first-order valence-electron chi connectivity index (χ1n) is 13.9. The van der Waals surface area contributed by atoms with Gasteiger partial charge in [0.05, 0.1) is 34.1 Å². The van der Waals surface area contributed by atoms with Crippen LogP contribution in [0.25, 0.3) is 0 Å². The number of hydrogen-bond acceptors (Lipinski definition) is 8. The first-order valence-corrected chi connectivity index (χ1v) is 14.7. The van der Waals surface area contributed by atoms with Gasteiger partial charge in [0.25, 0.3) is 11.6 Å². The Morgan fingerprint density at radius 2 is 1.76 bits per heavy atom. The molecule has 1 aromatic carbocycles. The van der Waals surface area contributed by atoms with E-state index in [9.17, 15) is 37.7 Å². The van der Waals surface area contributed by atoms with Crippen LogP contribution in [0, 0.1) is 10.1 Å². The Morgan fingerprint density at radius 3 is 2.26 bits per heavy atom. The third-order valence-corrected chi connectivity index (χ3v) is 8.85. The van der Waals surface area contributed by atoms with E-state index in [4.69, 9.17) is 9.47 Å². The van der Waals surface area contributed by atoms with E-state index in [0.717, 1.165) is 7.11 Å². The van der Waals surface area contributed by atoms with Gasteiger partial charge in [-0.25, -0.2) is 4.79 Å². The molecule has 3 rings (SSSR count). The third kappa shape index (κ3) is 7.48. The molecule has 234 valence electrons. The highest BCUT2D eigenvalue weighted by molar-refractivity contribution is 8.01. The molecule has 1 heterocycles. The third-order valence-electron chi connectivity index (χ3n) is 7.34. The Kier molecular flexibility index (Phi) is 10.1. The van der Waals surface area contributed by atoms with E-state index in [1.165, 1.54) is 9.80 Å². The zero-order chi connectivity index (χ0) is 31.6. The van der Waals surface area contributed by atoms with Crippen molar-refractivity contribution in [3.8, 4) is 0 Å². The molecule has 14 heteroatoms. The summed E-state index contributed by atoms with van der Waals surface area (Å²) in [6, 6.07) is 0.0354. The number of hydrogen-bond donors (Lipinski definition) is 0. The minimum absolute atomic E-state index is 0.0395. The van der Waals surface area contributed by atoms with E-state index in [0.29, 0.717) is 69.0 Å². The van der Waals surface area contributed by atoms with Crippen molar-refractivity contribution in [1.82, 2.24) is 9.80 Å². The quantitative estimate of drug-likeness (QED) is 0.195. The van der Waals surface area contributed by atoms with Crippen molar-refractivity contribution in [1.29, 1.82) is 0 Å². The van der Waals surface area contributed by atoms with E-state index in [-0.39, 0.29) is 11.4 Å². The van der Waals surface area contributed by atoms with Gasteiger partial charge in [-0.3, -0.25) is 19.7 Å². The van der Waals surface area contributed by atoms with Gasteiger partial charge < -0.3 is 19.3 Å². The van der Waals surface area contributed by atoms with Crippen LogP contribution in [0.5, 0.6) is 0 Å². The summed E-state index contributed by atoms with van der Waals surface area (Å²) in [4.78, 5) is 52.8. The molecule has 2 aliphatic rings. The summed E-state index contributed by atoms with van der Waals surface area (Å²) >= 11 is 0.688. The number of piperidine rings is 1. The van der Waals surface area contributed by atoms with Crippen molar-refractivity contribution in [2.75, 3.05) is 20.2 Å². The van der Waals surface area contributed by atoms with Crippen LogP contribution in [0.2, 0.25) is 0 Å². The van der Waals surface area contributed by atoms with Gasteiger partial charge in [0, 0.05) is 25.2 Å². The molecule has 0 aromatic heterocycles. The molecule has 1 saturated carbocycles. The molecule has 0 unspecified atom stereocenters. The van der Waals surface area contributed by atoms with Gasteiger partial charge in [0.15, 0.2) is 0 Å². The Hall–Kier alpha value is -3.03. The summed E-state index contributed by atoms with van der Waals surface area (Å²) in [5.74, 6) is -1.69. The van der Waals surface area contributed by atoms with E-state index < -0.39 is 68.3 Å². The smallest absolute Gasteiger partial charge is 0.417 e. The van der Waals surface area contributed by atoms with Crippen molar-refractivity contribution in [3.05, 3.63) is 33.4 Å². The number of alkyl halides is 3. The lowest BCUT2D eigenvalue weighted by Gasteiger charge is -2.41. The molecule has 2 amide bonds. The van der Waals surface area contributed by atoms with Gasteiger partial charge in [-0.15, -0.1) is 11.8 Å². The second-order valence-corrected chi connectivity index (χ2v) is 13.4. The molecule has 0 radical (unpaired) electrons. The number of carbonyl (C=O) groups excluding carboxylic acids is 3. The normalized spacial score (nSPS) is 19.0. The fourth-order valence-electron chi connectivity index (χ4n) is 5.53. The summed E-state index contributed by atoms with van der Waals surface area (Å²) in [6.45, 7) is 8.81. The van der Waals surface area contributed by atoms with Crippen molar-refractivity contribution in [2.24, 2.45) is 0 Å². The Morgan fingerprint density at radius 1 is 1.14 bits per heavy atom. The van der Waals surface area contributed by atoms with Gasteiger partial charge in [-0.05, 0) is 66.4 Å². The Bertz CT molecular complexity index is 1210.